The minimum absolute atomic E-state index is 0. The van der Waals surface area contributed by atoms with Crippen LogP contribution in [0.3, 0.4) is 0 Å². The number of hydrogen-bond donors (Lipinski definition) is 2. The average molecular weight is 514 g/mol. The molecule has 1 aromatic heterocycles. The third-order valence-electron chi connectivity index (χ3n) is 4.80. The molecular formula is C21H29ClIN5. The van der Waals surface area contributed by atoms with Crippen LogP contribution < -0.4 is 15.5 Å². The van der Waals surface area contributed by atoms with E-state index in [0.717, 1.165) is 35.5 Å². The summed E-state index contributed by atoms with van der Waals surface area (Å²) in [4.78, 5) is 11.3. The molecule has 0 amide bonds. The molecule has 1 aliphatic rings. The molecule has 2 heterocycles. The lowest BCUT2D eigenvalue weighted by Gasteiger charge is -2.22. The number of pyridine rings is 1. The van der Waals surface area contributed by atoms with Crippen LogP contribution in [-0.4, -0.2) is 31.1 Å². The minimum atomic E-state index is 0. The lowest BCUT2D eigenvalue weighted by atomic mass is 10.2. The summed E-state index contributed by atoms with van der Waals surface area (Å²) >= 11 is 5.93. The molecule has 7 heteroatoms. The Bertz CT molecular complexity index is 743. The molecule has 0 atom stereocenters. The van der Waals surface area contributed by atoms with Crippen molar-refractivity contribution in [3.8, 4) is 0 Å². The molecule has 1 fully saturated rings. The molecule has 0 spiro atoms. The standard InChI is InChI=1S/C21H28ClN5.HI/c1-23-21(25-15-17-6-8-19(22)9-7-17)26-16-18-10-11-24-20(14-18)27-12-4-2-3-5-13-27;/h6-11,14H,2-5,12-13,15-16H2,1H3,(H2,23,25,26);1H. The highest BCUT2D eigenvalue weighted by Gasteiger charge is 2.11. The Balaban J connectivity index is 0.00000280. The first kappa shape index (κ1) is 22.7. The Morgan fingerprint density at radius 2 is 1.64 bits per heavy atom. The number of aromatic nitrogens is 1. The molecule has 5 nitrogen and oxygen atoms in total. The largest absolute Gasteiger partial charge is 0.357 e. The maximum absolute atomic E-state index is 5.93. The predicted octanol–water partition coefficient (Wildman–Crippen LogP) is 4.60. The summed E-state index contributed by atoms with van der Waals surface area (Å²) in [6.45, 7) is 3.62. The van der Waals surface area contributed by atoms with Crippen LogP contribution in [0.2, 0.25) is 5.02 Å². The number of halogens is 2. The molecule has 152 valence electrons. The summed E-state index contributed by atoms with van der Waals surface area (Å²) in [5.74, 6) is 1.86. The summed E-state index contributed by atoms with van der Waals surface area (Å²) in [6, 6.07) is 12.1. The van der Waals surface area contributed by atoms with E-state index in [4.69, 9.17) is 11.6 Å². The molecule has 1 aliphatic heterocycles. The molecule has 1 aromatic carbocycles. The van der Waals surface area contributed by atoms with Gasteiger partial charge in [-0.25, -0.2) is 4.98 Å². The zero-order valence-corrected chi connectivity index (χ0v) is 19.4. The van der Waals surface area contributed by atoms with Gasteiger partial charge in [0.2, 0.25) is 0 Å². The third-order valence-corrected chi connectivity index (χ3v) is 5.05. The van der Waals surface area contributed by atoms with E-state index in [1.807, 2.05) is 30.5 Å². The minimum Gasteiger partial charge on any atom is -0.357 e. The summed E-state index contributed by atoms with van der Waals surface area (Å²) in [5.41, 5.74) is 2.37. The summed E-state index contributed by atoms with van der Waals surface area (Å²) in [5, 5.41) is 7.46. The van der Waals surface area contributed by atoms with Gasteiger partial charge in [0.05, 0.1) is 0 Å². The second-order valence-electron chi connectivity index (χ2n) is 6.83. The first-order chi connectivity index (χ1) is 13.2. The molecule has 3 rings (SSSR count). The number of rotatable bonds is 5. The molecule has 0 bridgehead atoms. The van der Waals surface area contributed by atoms with Gasteiger partial charge in [0, 0.05) is 44.4 Å². The fourth-order valence-corrected chi connectivity index (χ4v) is 3.36. The van der Waals surface area contributed by atoms with Crippen LogP contribution in [0, 0.1) is 0 Å². The van der Waals surface area contributed by atoms with Crippen LogP contribution in [-0.2, 0) is 13.1 Å². The Kier molecular flexibility index (Phi) is 9.84. The van der Waals surface area contributed by atoms with Gasteiger partial charge in [-0.15, -0.1) is 24.0 Å². The number of anilines is 1. The van der Waals surface area contributed by atoms with Crippen LogP contribution in [0.1, 0.15) is 36.8 Å². The van der Waals surface area contributed by atoms with E-state index < -0.39 is 0 Å². The van der Waals surface area contributed by atoms with Crippen molar-refractivity contribution in [2.24, 2.45) is 4.99 Å². The number of hydrogen-bond acceptors (Lipinski definition) is 3. The van der Waals surface area contributed by atoms with Crippen molar-refractivity contribution in [1.29, 1.82) is 0 Å². The molecular weight excluding hydrogens is 485 g/mol. The van der Waals surface area contributed by atoms with Gasteiger partial charge in [-0.05, 0) is 48.2 Å². The van der Waals surface area contributed by atoms with E-state index in [1.54, 1.807) is 7.05 Å². The Hall–Kier alpha value is -1.54. The van der Waals surface area contributed by atoms with Gasteiger partial charge in [-0.2, -0.15) is 0 Å². The quantitative estimate of drug-likeness (QED) is 0.349. The normalized spacial score (nSPS) is 14.8. The maximum atomic E-state index is 5.93. The summed E-state index contributed by atoms with van der Waals surface area (Å²) in [6.07, 6.45) is 7.07. The van der Waals surface area contributed by atoms with E-state index in [-0.39, 0.29) is 24.0 Å². The van der Waals surface area contributed by atoms with Crippen molar-refractivity contribution in [1.82, 2.24) is 15.6 Å². The SMILES string of the molecule is CN=C(NCc1ccc(Cl)cc1)NCc1ccnc(N2CCCCCC2)c1.I. The second kappa shape index (κ2) is 12.1. The number of nitrogens with one attached hydrogen (secondary N) is 2. The molecule has 1 saturated heterocycles. The lowest BCUT2D eigenvalue weighted by Crippen LogP contribution is -2.36. The molecule has 0 saturated carbocycles. The van der Waals surface area contributed by atoms with Gasteiger partial charge < -0.3 is 15.5 Å². The number of aliphatic imine (C=N–C) groups is 1. The second-order valence-corrected chi connectivity index (χ2v) is 7.27. The van der Waals surface area contributed by atoms with Gasteiger partial charge in [0.1, 0.15) is 5.82 Å². The van der Waals surface area contributed by atoms with Crippen molar-refractivity contribution >= 4 is 47.4 Å². The fraction of sp³-hybridized carbons (Fsp3) is 0.429. The van der Waals surface area contributed by atoms with E-state index in [1.165, 1.54) is 31.2 Å². The first-order valence-corrected chi connectivity index (χ1v) is 10.0. The molecule has 2 aromatic rings. The number of benzene rings is 1. The fourth-order valence-electron chi connectivity index (χ4n) is 3.24. The van der Waals surface area contributed by atoms with Crippen LogP contribution in [0.25, 0.3) is 0 Å². The van der Waals surface area contributed by atoms with E-state index >= 15 is 0 Å². The Morgan fingerprint density at radius 3 is 2.29 bits per heavy atom. The van der Waals surface area contributed by atoms with Gasteiger partial charge in [-0.3, -0.25) is 4.99 Å². The van der Waals surface area contributed by atoms with E-state index in [0.29, 0.717) is 13.1 Å². The highest BCUT2D eigenvalue weighted by molar-refractivity contribution is 14.0. The smallest absolute Gasteiger partial charge is 0.191 e. The highest BCUT2D eigenvalue weighted by Crippen LogP contribution is 2.18. The maximum Gasteiger partial charge on any atom is 0.191 e. The highest BCUT2D eigenvalue weighted by atomic mass is 127. The topological polar surface area (TPSA) is 52.6 Å². The first-order valence-electron chi connectivity index (χ1n) is 9.63. The Labute approximate surface area is 190 Å². The molecule has 2 N–H and O–H groups in total. The number of guanidine groups is 1. The predicted molar refractivity (Wildman–Crippen MR) is 129 cm³/mol. The van der Waals surface area contributed by atoms with Crippen LogP contribution in [0.5, 0.6) is 0 Å². The van der Waals surface area contributed by atoms with Crippen LogP contribution >= 0.6 is 35.6 Å². The van der Waals surface area contributed by atoms with Crippen molar-refractivity contribution in [3.05, 3.63) is 58.7 Å². The van der Waals surface area contributed by atoms with E-state index in [9.17, 15) is 0 Å². The number of nitrogens with zero attached hydrogens (tertiary/aromatic N) is 3. The van der Waals surface area contributed by atoms with Gasteiger partial charge in [0.15, 0.2) is 5.96 Å². The van der Waals surface area contributed by atoms with E-state index in [2.05, 4.69) is 37.6 Å². The molecule has 0 unspecified atom stereocenters. The van der Waals surface area contributed by atoms with Crippen LogP contribution in [0.4, 0.5) is 5.82 Å². The lowest BCUT2D eigenvalue weighted by molar-refractivity contribution is 0.726. The van der Waals surface area contributed by atoms with Crippen LogP contribution in [0.15, 0.2) is 47.6 Å². The third kappa shape index (κ3) is 7.13. The summed E-state index contributed by atoms with van der Waals surface area (Å²) < 4.78 is 0. The Morgan fingerprint density at radius 1 is 1.00 bits per heavy atom. The summed E-state index contributed by atoms with van der Waals surface area (Å²) in [7, 11) is 1.78. The van der Waals surface area contributed by atoms with Crippen molar-refractivity contribution < 1.29 is 0 Å². The zero-order chi connectivity index (χ0) is 18.9. The van der Waals surface area contributed by atoms with Gasteiger partial charge in [-0.1, -0.05) is 36.6 Å². The van der Waals surface area contributed by atoms with Crippen molar-refractivity contribution in [2.45, 2.75) is 38.8 Å². The van der Waals surface area contributed by atoms with Gasteiger partial charge in [0.25, 0.3) is 0 Å². The van der Waals surface area contributed by atoms with Crippen molar-refractivity contribution in [3.63, 3.8) is 0 Å². The molecule has 0 aliphatic carbocycles. The van der Waals surface area contributed by atoms with Gasteiger partial charge >= 0.3 is 0 Å². The average Bonchev–Trinajstić information content (AvgIpc) is 2.99. The van der Waals surface area contributed by atoms with Crippen molar-refractivity contribution in [2.75, 3.05) is 25.0 Å². The zero-order valence-electron chi connectivity index (χ0n) is 16.3. The molecule has 0 radical (unpaired) electrons. The monoisotopic (exact) mass is 513 g/mol. The molecule has 28 heavy (non-hydrogen) atoms.